The number of anilines is 1. The van der Waals surface area contributed by atoms with Crippen LogP contribution in [0.15, 0.2) is 69.8 Å². The van der Waals surface area contributed by atoms with Crippen molar-refractivity contribution in [1.82, 2.24) is 4.98 Å². The Bertz CT molecular complexity index is 1120. The summed E-state index contributed by atoms with van der Waals surface area (Å²) in [5.74, 6) is 1.20. The van der Waals surface area contributed by atoms with Crippen LogP contribution in [0, 0.1) is 0 Å². The summed E-state index contributed by atoms with van der Waals surface area (Å²) in [6, 6.07) is 17.9. The van der Waals surface area contributed by atoms with E-state index in [1.165, 1.54) is 16.9 Å². The quantitative estimate of drug-likeness (QED) is 0.322. The van der Waals surface area contributed by atoms with E-state index in [4.69, 9.17) is 9.40 Å². The molecule has 6 heteroatoms. The van der Waals surface area contributed by atoms with Gasteiger partial charge in [-0.1, -0.05) is 65.4 Å². The average Bonchev–Trinajstić information content (AvgIpc) is 3.35. The topological polar surface area (TPSA) is 46.3 Å². The first-order chi connectivity index (χ1) is 14.0. The smallest absolute Gasteiger partial charge is 0.233 e. The first-order valence-corrected chi connectivity index (χ1v) is 11.1. The molecule has 0 radical (unpaired) electrons. The number of thiazole rings is 1. The molecule has 0 spiro atoms. The number of carbonyl (C=O) groups is 1. The minimum absolute atomic E-state index is 0.00295. The van der Waals surface area contributed by atoms with E-state index in [2.05, 4.69) is 41.9 Å². The maximum absolute atomic E-state index is 13.2. The highest BCUT2D eigenvalue weighted by molar-refractivity contribution is 9.10. The zero-order chi connectivity index (χ0) is 20.4. The number of halogens is 1. The molecular weight excluding hydrogens is 448 g/mol. The fourth-order valence-corrected chi connectivity index (χ4v) is 4.65. The Morgan fingerprint density at radius 3 is 2.66 bits per heavy atom. The normalized spacial score (nSPS) is 11.3. The molecule has 29 heavy (non-hydrogen) atoms. The van der Waals surface area contributed by atoms with E-state index in [-0.39, 0.29) is 5.91 Å². The molecule has 0 atom stereocenters. The highest BCUT2D eigenvalue weighted by Gasteiger charge is 2.21. The van der Waals surface area contributed by atoms with Gasteiger partial charge in [-0.25, -0.2) is 4.98 Å². The Balaban J connectivity index is 1.62. The van der Waals surface area contributed by atoms with Crippen molar-refractivity contribution >= 4 is 48.5 Å². The number of amides is 1. The van der Waals surface area contributed by atoms with E-state index in [0.717, 1.165) is 26.0 Å². The second-order valence-electron chi connectivity index (χ2n) is 7.24. The first kappa shape index (κ1) is 19.9. The molecule has 4 rings (SSSR count). The number of furan rings is 1. The molecule has 0 fully saturated rings. The van der Waals surface area contributed by atoms with Crippen LogP contribution in [0.1, 0.15) is 36.7 Å². The van der Waals surface area contributed by atoms with Gasteiger partial charge in [-0.15, -0.1) is 0 Å². The molecule has 148 valence electrons. The Kier molecular flexibility index (Phi) is 5.83. The third kappa shape index (κ3) is 4.60. The predicted molar refractivity (Wildman–Crippen MR) is 121 cm³/mol. The lowest BCUT2D eigenvalue weighted by Gasteiger charge is -2.19. The first-order valence-electron chi connectivity index (χ1n) is 9.47. The van der Waals surface area contributed by atoms with Crippen LogP contribution in [-0.2, 0) is 17.8 Å². The third-order valence-electron chi connectivity index (χ3n) is 4.77. The van der Waals surface area contributed by atoms with Crippen LogP contribution in [0.2, 0.25) is 0 Å². The number of fused-ring (bicyclic) bond motifs is 1. The molecular formula is C23H21BrN2O2S. The molecule has 4 nitrogen and oxygen atoms in total. The van der Waals surface area contributed by atoms with Crippen LogP contribution < -0.4 is 4.90 Å². The van der Waals surface area contributed by atoms with Gasteiger partial charge in [0.15, 0.2) is 5.13 Å². The van der Waals surface area contributed by atoms with Gasteiger partial charge in [0.2, 0.25) is 5.91 Å². The minimum atomic E-state index is -0.00295. The highest BCUT2D eigenvalue weighted by Crippen LogP contribution is 2.32. The number of aromatic nitrogens is 1. The summed E-state index contributed by atoms with van der Waals surface area (Å²) in [5.41, 5.74) is 3.14. The average molecular weight is 469 g/mol. The van der Waals surface area contributed by atoms with Crippen LogP contribution >= 0.6 is 27.3 Å². The SMILES string of the molecule is CC(C)c1ccc(CC(=O)N(Cc2ccco2)c2nc3ccc(Br)cc3s2)cc1. The lowest BCUT2D eigenvalue weighted by atomic mass is 10.0. The molecule has 0 N–H and O–H groups in total. The fourth-order valence-electron chi connectivity index (χ4n) is 3.11. The molecule has 0 aliphatic heterocycles. The van der Waals surface area contributed by atoms with E-state index in [9.17, 15) is 4.79 Å². The van der Waals surface area contributed by atoms with Crippen molar-refractivity contribution in [3.05, 3.63) is 82.2 Å². The third-order valence-corrected chi connectivity index (χ3v) is 6.30. The van der Waals surface area contributed by atoms with Gasteiger partial charge in [0.1, 0.15) is 5.76 Å². The molecule has 0 aliphatic rings. The Labute approximate surface area is 182 Å². The number of carbonyl (C=O) groups excluding carboxylic acids is 1. The van der Waals surface area contributed by atoms with Crippen molar-refractivity contribution < 1.29 is 9.21 Å². The molecule has 2 aromatic heterocycles. The van der Waals surface area contributed by atoms with E-state index in [1.54, 1.807) is 11.2 Å². The fraction of sp³-hybridized carbons (Fsp3) is 0.217. The van der Waals surface area contributed by atoms with Crippen molar-refractivity contribution in [3.63, 3.8) is 0 Å². The van der Waals surface area contributed by atoms with Gasteiger partial charge in [-0.3, -0.25) is 9.69 Å². The van der Waals surface area contributed by atoms with E-state index in [0.29, 0.717) is 24.0 Å². The number of nitrogens with zero attached hydrogens (tertiary/aromatic N) is 2. The maximum Gasteiger partial charge on any atom is 0.233 e. The summed E-state index contributed by atoms with van der Waals surface area (Å²) in [4.78, 5) is 19.7. The molecule has 4 aromatic rings. The highest BCUT2D eigenvalue weighted by atomic mass is 79.9. The standard InChI is InChI=1S/C23H21BrN2O2S/c1-15(2)17-7-5-16(6-8-17)12-22(27)26(14-19-4-3-11-28-19)23-25-20-10-9-18(24)13-21(20)29-23/h3-11,13,15H,12,14H2,1-2H3. The zero-order valence-corrected chi connectivity index (χ0v) is 18.7. The number of benzene rings is 2. The summed E-state index contributed by atoms with van der Waals surface area (Å²) in [6.07, 6.45) is 1.94. The Morgan fingerprint density at radius 1 is 1.17 bits per heavy atom. The number of rotatable bonds is 6. The maximum atomic E-state index is 13.2. The second-order valence-corrected chi connectivity index (χ2v) is 9.17. The molecule has 1 amide bonds. The predicted octanol–water partition coefficient (Wildman–Crippen LogP) is 6.55. The van der Waals surface area contributed by atoms with Crippen molar-refractivity contribution in [2.45, 2.75) is 32.7 Å². The monoisotopic (exact) mass is 468 g/mol. The van der Waals surface area contributed by atoms with Gasteiger partial charge in [0.05, 0.1) is 29.4 Å². The molecule has 0 unspecified atom stereocenters. The van der Waals surface area contributed by atoms with Gasteiger partial charge in [-0.05, 0) is 47.4 Å². The van der Waals surface area contributed by atoms with E-state index < -0.39 is 0 Å². The van der Waals surface area contributed by atoms with Crippen LogP contribution in [0.4, 0.5) is 5.13 Å². The van der Waals surface area contributed by atoms with Gasteiger partial charge in [0.25, 0.3) is 0 Å². The summed E-state index contributed by atoms with van der Waals surface area (Å²) >= 11 is 5.01. The minimum Gasteiger partial charge on any atom is -0.467 e. The summed E-state index contributed by atoms with van der Waals surface area (Å²) in [5, 5.41) is 0.679. The van der Waals surface area contributed by atoms with Gasteiger partial charge in [0, 0.05) is 4.47 Å². The lowest BCUT2D eigenvalue weighted by Crippen LogP contribution is -2.31. The number of hydrogen-bond donors (Lipinski definition) is 0. The van der Waals surface area contributed by atoms with E-state index in [1.807, 2.05) is 42.5 Å². The number of hydrogen-bond acceptors (Lipinski definition) is 4. The zero-order valence-electron chi connectivity index (χ0n) is 16.3. The summed E-state index contributed by atoms with van der Waals surface area (Å²) < 4.78 is 7.53. The van der Waals surface area contributed by atoms with Crippen LogP contribution in [0.5, 0.6) is 0 Å². The van der Waals surface area contributed by atoms with Gasteiger partial charge >= 0.3 is 0 Å². The Hall–Kier alpha value is -2.44. The Morgan fingerprint density at radius 2 is 1.97 bits per heavy atom. The van der Waals surface area contributed by atoms with Gasteiger partial charge in [-0.2, -0.15) is 0 Å². The van der Waals surface area contributed by atoms with Crippen molar-refractivity contribution in [2.75, 3.05) is 4.90 Å². The second kappa shape index (κ2) is 8.51. The van der Waals surface area contributed by atoms with Crippen molar-refractivity contribution in [2.24, 2.45) is 0 Å². The molecule has 0 aliphatic carbocycles. The van der Waals surface area contributed by atoms with Crippen LogP contribution in [-0.4, -0.2) is 10.9 Å². The molecule has 2 aromatic carbocycles. The lowest BCUT2D eigenvalue weighted by molar-refractivity contribution is -0.118. The molecule has 2 heterocycles. The van der Waals surface area contributed by atoms with Crippen molar-refractivity contribution in [3.8, 4) is 0 Å². The van der Waals surface area contributed by atoms with E-state index >= 15 is 0 Å². The molecule has 0 bridgehead atoms. The van der Waals surface area contributed by atoms with Crippen molar-refractivity contribution in [1.29, 1.82) is 0 Å². The molecule has 0 saturated carbocycles. The summed E-state index contributed by atoms with van der Waals surface area (Å²) in [7, 11) is 0. The van der Waals surface area contributed by atoms with Crippen LogP contribution in [0.3, 0.4) is 0 Å². The van der Waals surface area contributed by atoms with Gasteiger partial charge < -0.3 is 4.42 Å². The molecule has 0 saturated heterocycles. The largest absolute Gasteiger partial charge is 0.467 e. The van der Waals surface area contributed by atoms with Crippen LogP contribution in [0.25, 0.3) is 10.2 Å². The summed E-state index contributed by atoms with van der Waals surface area (Å²) in [6.45, 7) is 4.68.